The lowest BCUT2D eigenvalue weighted by Gasteiger charge is -2.17. The van der Waals surface area contributed by atoms with E-state index in [1.165, 1.54) is 0 Å². The van der Waals surface area contributed by atoms with Crippen LogP contribution in [0.1, 0.15) is 11.3 Å². The fourth-order valence-electron chi connectivity index (χ4n) is 2.49. The number of methoxy groups -OCH3 is 1. The van der Waals surface area contributed by atoms with Crippen molar-refractivity contribution in [2.45, 2.75) is 13.5 Å². The van der Waals surface area contributed by atoms with Gasteiger partial charge in [0.2, 0.25) is 5.89 Å². The molecule has 0 spiro atoms. The van der Waals surface area contributed by atoms with E-state index in [1.807, 2.05) is 49.5 Å². The Morgan fingerprint density at radius 2 is 1.83 bits per heavy atom. The third kappa shape index (κ3) is 3.37. The molecule has 0 aliphatic carbocycles. The number of anilines is 1. The molecule has 0 fully saturated rings. The van der Waals surface area contributed by atoms with Crippen LogP contribution in [0.2, 0.25) is 0 Å². The number of hydrogen-bond donors (Lipinski definition) is 0. The van der Waals surface area contributed by atoms with E-state index >= 15 is 0 Å². The monoisotopic (exact) mass is 308 g/mol. The van der Waals surface area contributed by atoms with Crippen LogP contribution in [-0.4, -0.2) is 19.1 Å². The molecule has 3 rings (SSSR count). The summed E-state index contributed by atoms with van der Waals surface area (Å²) < 4.78 is 10.8. The van der Waals surface area contributed by atoms with E-state index in [-0.39, 0.29) is 0 Å². The van der Waals surface area contributed by atoms with Gasteiger partial charge >= 0.3 is 0 Å². The normalized spacial score (nSPS) is 10.6. The summed E-state index contributed by atoms with van der Waals surface area (Å²) in [4.78, 5) is 6.73. The molecule has 0 bridgehead atoms. The van der Waals surface area contributed by atoms with Crippen LogP contribution in [0.4, 0.5) is 5.69 Å². The Bertz CT molecular complexity index is 778. The molecule has 2 aromatic carbocycles. The molecule has 0 amide bonds. The number of benzene rings is 2. The first-order valence-electron chi connectivity index (χ1n) is 7.53. The molecule has 23 heavy (non-hydrogen) atoms. The first-order valence-corrected chi connectivity index (χ1v) is 7.53. The number of oxazole rings is 1. The minimum absolute atomic E-state index is 0.668. The van der Waals surface area contributed by atoms with Crippen LogP contribution >= 0.6 is 0 Å². The van der Waals surface area contributed by atoms with Crippen molar-refractivity contribution in [1.82, 2.24) is 4.98 Å². The Morgan fingerprint density at radius 1 is 1.09 bits per heavy atom. The van der Waals surface area contributed by atoms with Crippen LogP contribution in [0.5, 0.6) is 5.75 Å². The average molecular weight is 308 g/mol. The van der Waals surface area contributed by atoms with Crippen LogP contribution in [0.25, 0.3) is 11.5 Å². The summed E-state index contributed by atoms with van der Waals surface area (Å²) in [5.74, 6) is 1.52. The lowest BCUT2D eigenvalue weighted by atomic mass is 10.1. The molecule has 4 nitrogen and oxygen atoms in total. The summed E-state index contributed by atoms with van der Waals surface area (Å²) in [5, 5.41) is 0. The minimum atomic E-state index is 0.668. The second-order valence-electron chi connectivity index (χ2n) is 5.51. The van der Waals surface area contributed by atoms with E-state index in [4.69, 9.17) is 9.15 Å². The maximum Gasteiger partial charge on any atom is 0.226 e. The first-order chi connectivity index (χ1) is 11.2. The molecule has 118 valence electrons. The van der Waals surface area contributed by atoms with Crippen LogP contribution in [0.15, 0.2) is 59.2 Å². The van der Waals surface area contributed by atoms with Crippen molar-refractivity contribution in [3.05, 3.63) is 66.1 Å². The first kappa shape index (κ1) is 15.2. The van der Waals surface area contributed by atoms with Crippen molar-refractivity contribution in [2.75, 3.05) is 19.1 Å². The number of hydrogen-bond acceptors (Lipinski definition) is 4. The molecular formula is C19H20N2O2. The average Bonchev–Trinajstić information content (AvgIpc) is 3.03. The van der Waals surface area contributed by atoms with Crippen LogP contribution in [0.3, 0.4) is 0 Å². The molecule has 4 heteroatoms. The van der Waals surface area contributed by atoms with Gasteiger partial charge in [-0.25, -0.2) is 4.98 Å². The van der Waals surface area contributed by atoms with Gasteiger partial charge in [-0.2, -0.15) is 0 Å². The molecule has 0 unspecified atom stereocenters. The zero-order valence-corrected chi connectivity index (χ0v) is 13.6. The van der Waals surface area contributed by atoms with E-state index in [0.29, 0.717) is 12.4 Å². The van der Waals surface area contributed by atoms with E-state index in [1.54, 1.807) is 13.4 Å². The Hall–Kier alpha value is -2.75. The van der Waals surface area contributed by atoms with Gasteiger partial charge in [-0.05, 0) is 42.8 Å². The van der Waals surface area contributed by atoms with Gasteiger partial charge in [0, 0.05) is 18.3 Å². The third-order valence-electron chi connectivity index (χ3n) is 3.84. The Morgan fingerprint density at radius 3 is 2.52 bits per heavy atom. The predicted molar refractivity (Wildman–Crippen MR) is 91.8 cm³/mol. The molecule has 0 radical (unpaired) electrons. The molecular weight excluding hydrogens is 288 g/mol. The van der Waals surface area contributed by atoms with Crippen molar-refractivity contribution >= 4 is 5.69 Å². The van der Waals surface area contributed by atoms with Crippen molar-refractivity contribution in [3.8, 4) is 17.2 Å². The molecule has 0 atom stereocenters. The fraction of sp³-hybridized carbons (Fsp3) is 0.211. The summed E-state index contributed by atoms with van der Waals surface area (Å²) in [6.07, 6.45) is 1.72. The standard InChI is InChI=1S/C19H20N2O2/c1-14-6-4-5-7-18(14)19-20-15(13-23-19)12-21(2)16-8-10-17(22-3)11-9-16/h4-11,13H,12H2,1-3H3. The lowest BCUT2D eigenvalue weighted by molar-refractivity contribution is 0.415. The Labute approximate surface area is 136 Å². The summed E-state index contributed by atoms with van der Waals surface area (Å²) >= 11 is 0. The van der Waals surface area contributed by atoms with Gasteiger partial charge < -0.3 is 14.1 Å². The number of aromatic nitrogens is 1. The van der Waals surface area contributed by atoms with Crippen molar-refractivity contribution in [2.24, 2.45) is 0 Å². The maximum absolute atomic E-state index is 5.65. The topological polar surface area (TPSA) is 38.5 Å². The minimum Gasteiger partial charge on any atom is -0.497 e. The van der Waals surface area contributed by atoms with E-state index in [2.05, 4.69) is 22.9 Å². The Kier molecular flexibility index (Phi) is 4.33. The molecule has 0 aliphatic heterocycles. The van der Waals surface area contributed by atoms with E-state index in [0.717, 1.165) is 28.3 Å². The summed E-state index contributed by atoms with van der Waals surface area (Å²) in [6.45, 7) is 2.74. The molecule has 0 aliphatic rings. The van der Waals surface area contributed by atoms with Crippen LogP contribution < -0.4 is 9.64 Å². The van der Waals surface area contributed by atoms with E-state index in [9.17, 15) is 0 Å². The molecule has 0 saturated heterocycles. The van der Waals surface area contributed by atoms with Gasteiger partial charge in [-0.3, -0.25) is 0 Å². The van der Waals surface area contributed by atoms with Gasteiger partial charge in [0.15, 0.2) is 0 Å². The van der Waals surface area contributed by atoms with Crippen molar-refractivity contribution in [1.29, 1.82) is 0 Å². The number of ether oxygens (including phenoxy) is 1. The number of nitrogens with zero attached hydrogens (tertiary/aromatic N) is 2. The van der Waals surface area contributed by atoms with Gasteiger partial charge in [-0.1, -0.05) is 18.2 Å². The molecule has 0 saturated carbocycles. The van der Waals surface area contributed by atoms with Crippen LogP contribution in [0, 0.1) is 6.92 Å². The van der Waals surface area contributed by atoms with Gasteiger partial charge in [0.1, 0.15) is 12.0 Å². The third-order valence-corrected chi connectivity index (χ3v) is 3.84. The van der Waals surface area contributed by atoms with Crippen molar-refractivity contribution < 1.29 is 9.15 Å². The SMILES string of the molecule is COc1ccc(N(C)Cc2coc(-c3ccccc3C)n2)cc1. The highest BCUT2D eigenvalue weighted by Gasteiger charge is 2.11. The zero-order chi connectivity index (χ0) is 16.2. The molecule has 1 aromatic heterocycles. The molecule has 0 N–H and O–H groups in total. The summed E-state index contributed by atoms with van der Waals surface area (Å²) in [7, 11) is 3.70. The summed E-state index contributed by atoms with van der Waals surface area (Å²) in [6, 6.07) is 16.1. The van der Waals surface area contributed by atoms with Crippen molar-refractivity contribution in [3.63, 3.8) is 0 Å². The predicted octanol–water partition coefficient (Wildman–Crippen LogP) is 4.30. The van der Waals surface area contributed by atoms with Crippen LogP contribution in [-0.2, 0) is 6.54 Å². The second-order valence-corrected chi connectivity index (χ2v) is 5.51. The maximum atomic E-state index is 5.65. The smallest absolute Gasteiger partial charge is 0.226 e. The highest BCUT2D eigenvalue weighted by atomic mass is 16.5. The fourth-order valence-corrected chi connectivity index (χ4v) is 2.49. The quantitative estimate of drug-likeness (QED) is 0.704. The summed E-state index contributed by atoms with van der Waals surface area (Å²) in [5.41, 5.74) is 4.20. The number of aryl methyl sites for hydroxylation is 1. The highest BCUT2D eigenvalue weighted by molar-refractivity contribution is 5.58. The zero-order valence-electron chi connectivity index (χ0n) is 13.6. The lowest BCUT2D eigenvalue weighted by Crippen LogP contribution is -2.16. The Balaban J connectivity index is 1.74. The molecule has 3 aromatic rings. The molecule has 1 heterocycles. The van der Waals surface area contributed by atoms with Gasteiger partial charge in [0.05, 0.1) is 19.3 Å². The second kappa shape index (κ2) is 6.57. The van der Waals surface area contributed by atoms with Gasteiger partial charge in [-0.15, -0.1) is 0 Å². The largest absolute Gasteiger partial charge is 0.497 e. The number of rotatable bonds is 5. The highest BCUT2D eigenvalue weighted by Crippen LogP contribution is 2.24. The van der Waals surface area contributed by atoms with Gasteiger partial charge in [0.25, 0.3) is 0 Å². The van der Waals surface area contributed by atoms with E-state index < -0.39 is 0 Å².